The van der Waals surface area contributed by atoms with E-state index in [9.17, 15) is 9.18 Å². The fraction of sp³-hybridized carbons (Fsp3) is 0.100. The number of benzene rings is 2. The second kappa shape index (κ2) is 8.45. The molecule has 3 aromatic rings. The van der Waals surface area contributed by atoms with E-state index in [1.54, 1.807) is 54.7 Å². The number of hydrogen-bond donors (Lipinski definition) is 2. The number of nitrogens with one attached hydrogen (secondary N) is 2. The van der Waals surface area contributed by atoms with Crippen LogP contribution in [0.15, 0.2) is 66.9 Å². The van der Waals surface area contributed by atoms with E-state index in [0.29, 0.717) is 40.6 Å². The quantitative estimate of drug-likeness (QED) is 0.657. The molecular formula is C20H17ClFN3O. The summed E-state index contributed by atoms with van der Waals surface area (Å²) in [5, 5.41) is 6.28. The monoisotopic (exact) mass is 369 g/mol. The summed E-state index contributed by atoms with van der Waals surface area (Å²) in [6.45, 7) is 0.555. The molecular weight excluding hydrogens is 353 g/mol. The molecule has 2 aromatic carbocycles. The van der Waals surface area contributed by atoms with Crippen LogP contribution in [0.5, 0.6) is 0 Å². The molecule has 0 aliphatic rings. The Hall–Kier alpha value is -2.92. The minimum atomic E-state index is -0.294. The zero-order valence-electron chi connectivity index (χ0n) is 13.9. The largest absolute Gasteiger partial charge is 0.370 e. The van der Waals surface area contributed by atoms with Gasteiger partial charge in [-0.25, -0.2) is 9.37 Å². The maximum absolute atomic E-state index is 13.6. The zero-order valence-corrected chi connectivity index (χ0v) is 14.6. The van der Waals surface area contributed by atoms with Crippen LogP contribution >= 0.6 is 11.6 Å². The molecule has 26 heavy (non-hydrogen) atoms. The molecule has 4 nitrogen and oxygen atoms in total. The number of nitrogens with zero attached hydrogens (tertiary/aromatic N) is 1. The number of carbonyl (C=O) groups is 1. The summed E-state index contributed by atoms with van der Waals surface area (Å²) < 4.78 is 13.6. The lowest BCUT2D eigenvalue weighted by Gasteiger charge is -2.09. The van der Waals surface area contributed by atoms with E-state index in [1.165, 1.54) is 6.07 Å². The molecule has 3 rings (SSSR count). The second-order valence-corrected chi connectivity index (χ2v) is 6.04. The molecule has 0 unspecified atom stereocenters. The molecule has 0 fully saturated rings. The first kappa shape index (κ1) is 17.9. The fourth-order valence-corrected chi connectivity index (χ4v) is 2.66. The van der Waals surface area contributed by atoms with Gasteiger partial charge in [0, 0.05) is 6.54 Å². The number of halogens is 2. The molecule has 1 aromatic heterocycles. The van der Waals surface area contributed by atoms with Crippen LogP contribution in [0.3, 0.4) is 0 Å². The Morgan fingerprint density at radius 3 is 2.54 bits per heavy atom. The highest BCUT2D eigenvalue weighted by molar-refractivity contribution is 6.34. The van der Waals surface area contributed by atoms with Gasteiger partial charge in [-0.2, -0.15) is 0 Å². The van der Waals surface area contributed by atoms with Gasteiger partial charge in [0.1, 0.15) is 11.6 Å². The molecule has 1 amide bonds. The predicted molar refractivity (Wildman–Crippen MR) is 102 cm³/mol. The van der Waals surface area contributed by atoms with Crippen molar-refractivity contribution in [3.63, 3.8) is 0 Å². The third-order valence-electron chi connectivity index (χ3n) is 3.80. The lowest BCUT2D eigenvalue weighted by atomic mass is 10.1. The van der Waals surface area contributed by atoms with Crippen LogP contribution in [-0.2, 0) is 6.42 Å². The Bertz CT molecular complexity index is 900. The highest BCUT2D eigenvalue weighted by atomic mass is 35.5. The molecule has 0 saturated carbocycles. The van der Waals surface area contributed by atoms with Crippen LogP contribution in [0.25, 0.3) is 0 Å². The lowest BCUT2D eigenvalue weighted by Crippen LogP contribution is -2.13. The maximum Gasteiger partial charge on any atom is 0.257 e. The number of rotatable bonds is 6. The van der Waals surface area contributed by atoms with Gasteiger partial charge in [-0.1, -0.05) is 41.9 Å². The van der Waals surface area contributed by atoms with Crippen molar-refractivity contribution in [3.05, 3.63) is 88.8 Å². The van der Waals surface area contributed by atoms with Crippen LogP contribution in [-0.4, -0.2) is 17.4 Å². The standard InChI is InChI=1S/C20H17ClFN3O/c21-17-7-3-2-6-16(17)20(26)25-15-9-10-19(24-13-15)23-12-11-14-5-1-4-8-18(14)22/h1-10,13H,11-12H2,(H,23,24)(H,25,26). The van der Waals surface area contributed by atoms with Gasteiger partial charge < -0.3 is 10.6 Å². The highest BCUT2D eigenvalue weighted by Gasteiger charge is 2.10. The van der Waals surface area contributed by atoms with Gasteiger partial charge in [0.2, 0.25) is 0 Å². The van der Waals surface area contributed by atoms with E-state index >= 15 is 0 Å². The number of anilines is 2. The number of hydrogen-bond acceptors (Lipinski definition) is 3. The van der Waals surface area contributed by atoms with Crippen LogP contribution in [0, 0.1) is 5.82 Å². The minimum Gasteiger partial charge on any atom is -0.370 e. The van der Waals surface area contributed by atoms with Gasteiger partial charge in [0.05, 0.1) is 22.5 Å². The Kier molecular flexibility index (Phi) is 5.81. The van der Waals surface area contributed by atoms with Crippen LogP contribution in [0.1, 0.15) is 15.9 Å². The van der Waals surface area contributed by atoms with Crippen molar-refractivity contribution in [2.24, 2.45) is 0 Å². The third kappa shape index (κ3) is 4.58. The number of carbonyl (C=O) groups excluding carboxylic acids is 1. The van der Waals surface area contributed by atoms with Crippen LogP contribution < -0.4 is 10.6 Å². The van der Waals surface area contributed by atoms with Crippen molar-refractivity contribution >= 4 is 29.0 Å². The molecule has 0 aliphatic carbocycles. The number of aromatic nitrogens is 1. The average Bonchev–Trinajstić information content (AvgIpc) is 2.65. The van der Waals surface area contributed by atoms with Crippen LogP contribution in [0.4, 0.5) is 15.9 Å². The topological polar surface area (TPSA) is 54.0 Å². The normalized spacial score (nSPS) is 10.4. The lowest BCUT2D eigenvalue weighted by molar-refractivity contribution is 0.102. The van der Waals surface area contributed by atoms with E-state index in [-0.39, 0.29) is 11.7 Å². The number of amides is 1. The second-order valence-electron chi connectivity index (χ2n) is 5.63. The summed E-state index contributed by atoms with van der Waals surface area (Å²) in [4.78, 5) is 16.5. The molecule has 2 N–H and O–H groups in total. The molecule has 0 atom stereocenters. The van der Waals surface area contributed by atoms with E-state index < -0.39 is 0 Å². The van der Waals surface area contributed by atoms with Crippen molar-refractivity contribution in [1.29, 1.82) is 0 Å². The molecule has 0 saturated heterocycles. The van der Waals surface area contributed by atoms with E-state index in [0.717, 1.165) is 0 Å². The summed E-state index contributed by atoms with van der Waals surface area (Å²) in [6, 6.07) is 17.0. The van der Waals surface area contributed by atoms with Gasteiger partial charge in [0.25, 0.3) is 5.91 Å². The molecule has 6 heteroatoms. The highest BCUT2D eigenvalue weighted by Crippen LogP contribution is 2.17. The van der Waals surface area contributed by atoms with Crippen molar-refractivity contribution in [2.75, 3.05) is 17.2 Å². The van der Waals surface area contributed by atoms with Gasteiger partial charge in [-0.05, 0) is 42.3 Å². The summed E-state index contributed by atoms with van der Waals surface area (Å²) in [7, 11) is 0. The Morgan fingerprint density at radius 2 is 1.81 bits per heavy atom. The first-order valence-electron chi connectivity index (χ1n) is 8.13. The minimum absolute atomic E-state index is 0.208. The van der Waals surface area contributed by atoms with Gasteiger partial charge in [0.15, 0.2) is 0 Å². The third-order valence-corrected chi connectivity index (χ3v) is 4.13. The first-order valence-corrected chi connectivity index (χ1v) is 8.50. The van der Waals surface area contributed by atoms with Gasteiger partial charge in [-0.15, -0.1) is 0 Å². The van der Waals surface area contributed by atoms with Crippen molar-refractivity contribution in [3.8, 4) is 0 Å². The summed E-state index contributed by atoms with van der Waals surface area (Å²) in [6.07, 6.45) is 2.11. The molecule has 0 spiro atoms. The fourth-order valence-electron chi connectivity index (χ4n) is 2.44. The number of pyridine rings is 1. The Morgan fingerprint density at radius 1 is 1.04 bits per heavy atom. The predicted octanol–water partition coefficient (Wildman–Crippen LogP) is 4.78. The molecule has 0 aliphatic heterocycles. The molecule has 1 heterocycles. The van der Waals surface area contributed by atoms with Crippen LogP contribution in [0.2, 0.25) is 5.02 Å². The van der Waals surface area contributed by atoms with Gasteiger partial charge >= 0.3 is 0 Å². The van der Waals surface area contributed by atoms with E-state index in [4.69, 9.17) is 11.6 Å². The summed E-state index contributed by atoms with van der Waals surface area (Å²) in [5.74, 6) is 0.148. The maximum atomic E-state index is 13.6. The first-order chi connectivity index (χ1) is 12.6. The van der Waals surface area contributed by atoms with E-state index in [2.05, 4.69) is 15.6 Å². The smallest absolute Gasteiger partial charge is 0.257 e. The van der Waals surface area contributed by atoms with Crippen molar-refractivity contribution in [2.45, 2.75) is 6.42 Å². The Balaban J connectivity index is 1.54. The summed E-state index contributed by atoms with van der Waals surface area (Å²) in [5.41, 5.74) is 1.62. The SMILES string of the molecule is O=C(Nc1ccc(NCCc2ccccc2F)nc1)c1ccccc1Cl. The molecule has 0 radical (unpaired) electrons. The molecule has 0 bridgehead atoms. The Labute approximate surface area is 156 Å². The van der Waals surface area contributed by atoms with Crippen molar-refractivity contribution < 1.29 is 9.18 Å². The van der Waals surface area contributed by atoms with Crippen molar-refractivity contribution in [1.82, 2.24) is 4.98 Å². The van der Waals surface area contributed by atoms with Gasteiger partial charge in [-0.3, -0.25) is 4.79 Å². The average molecular weight is 370 g/mol. The molecule has 132 valence electrons. The zero-order chi connectivity index (χ0) is 18.4. The summed E-state index contributed by atoms with van der Waals surface area (Å²) >= 11 is 6.02. The van der Waals surface area contributed by atoms with E-state index in [1.807, 2.05) is 6.07 Å².